The molecule has 0 aromatic carbocycles. The molecule has 0 saturated heterocycles. The van der Waals surface area contributed by atoms with Gasteiger partial charge < -0.3 is 14.2 Å². The van der Waals surface area contributed by atoms with Gasteiger partial charge in [-0.2, -0.15) is 0 Å². The van der Waals surface area contributed by atoms with Crippen LogP contribution in [0.15, 0.2) is 146 Å². The van der Waals surface area contributed by atoms with Gasteiger partial charge in [0.05, 0.1) is 0 Å². The van der Waals surface area contributed by atoms with Gasteiger partial charge in [0.1, 0.15) is 13.2 Å². The zero-order valence-corrected chi connectivity index (χ0v) is 52.5. The summed E-state index contributed by atoms with van der Waals surface area (Å²) in [5, 5.41) is 0. The maximum Gasteiger partial charge on any atom is 0.306 e. The molecule has 0 aliphatic carbocycles. The standard InChI is InChI=1S/C75H122O6/c1-4-7-10-13-16-19-22-25-27-29-31-32-33-34-35-36-37-38-39-40-41-42-44-45-47-50-53-56-59-62-65-68-74(77)80-71-72(70-79-73(76)67-64-61-58-55-52-49-24-21-18-15-12-9-6-3)81-75(78)69-66-63-60-57-54-51-48-46-43-30-28-26-23-20-17-14-11-8-5-2/h7,9-10,12,16,18-19,21,25,27,31-32,34-35,37-38,40-41,44-45,49,52,58,61,72H,4-6,8,11,13-15,17,20,22-24,26,28-30,33,36,39,42-43,46-48,50-51,53-57,59-60,62-71H2,1-3H3/b10-7-,12-9-,19-16-,21-18-,27-25-,32-31-,35-34-,38-37-,41-40-,45-44-,52-49-,61-58-. The van der Waals surface area contributed by atoms with Crippen molar-refractivity contribution < 1.29 is 28.6 Å². The third-order valence-corrected chi connectivity index (χ3v) is 13.9. The summed E-state index contributed by atoms with van der Waals surface area (Å²) in [6.45, 7) is 6.35. The molecule has 1 unspecified atom stereocenters. The molecule has 1 atom stereocenters. The summed E-state index contributed by atoms with van der Waals surface area (Å²) in [4.78, 5) is 38.3. The number of allylic oxidation sites excluding steroid dienone is 24. The monoisotopic (exact) mass is 1120 g/mol. The van der Waals surface area contributed by atoms with Crippen LogP contribution in [0.3, 0.4) is 0 Å². The van der Waals surface area contributed by atoms with Crippen molar-refractivity contribution in [3.05, 3.63) is 146 Å². The largest absolute Gasteiger partial charge is 0.462 e. The smallest absolute Gasteiger partial charge is 0.306 e. The molecule has 0 spiro atoms. The molecule has 0 saturated carbocycles. The minimum absolute atomic E-state index is 0.110. The fourth-order valence-electron chi connectivity index (χ4n) is 8.94. The Morgan fingerprint density at radius 2 is 0.506 bits per heavy atom. The van der Waals surface area contributed by atoms with Gasteiger partial charge in [-0.25, -0.2) is 0 Å². The van der Waals surface area contributed by atoms with Crippen LogP contribution in [0.5, 0.6) is 0 Å². The lowest BCUT2D eigenvalue weighted by molar-refractivity contribution is -0.166. The van der Waals surface area contributed by atoms with Gasteiger partial charge in [0.25, 0.3) is 0 Å². The fraction of sp³-hybridized carbons (Fsp3) is 0.640. The lowest BCUT2D eigenvalue weighted by atomic mass is 10.0. The maximum atomic E-state index is 12.9. The molecule has 0 amide bonds. The van der Waals surface area contributed by atoms with Crippen LogP contribution in [0.25, 0.3) is 0 Å². The van der Waals surface area contributed by atoms with E-state index in [1.807, 2.05) is 6.08 Å². The third kappa shape index (κ3) is 66.0. The van der Waals surface area contributed by atoms with Gasteiger partial charge in [-0.1, -0.05) is 308 Å². The Morgan fingerprint density at radius 3 is 0.827 bits per heavy atom. The van der Waals surface area contributed by atoms with Crippen LogP contribution < -0.4 is 0 Å². The topological polar surface area (TPSA) is 78.9 Å². The van der Waals surface area contributed by atoms with Crippen LogP contribution in [0.1, 0.15) is 290 Å². The lowest BCUT2D eigenvalue weighted by Gasteiger charge is -2.18. The number of hydrogen-bond acceptors (Lipinski definition) is 6. The van der Waals surface area contributed by atoms with Crippen molar-refractivity contribution >= 4 is 17.9 Å². The van der Waals surface area contributed by atoms with E-state index in [0.29, 0.717) is 19.3 Å². The van der Waals surface area contributed by atoms with E-state index in [1.165, 1.54) is 116 Å². The van der Waals surface area contributed by atoms with Crippen LogP contribution >= 0.6 is 0 Å². The lowest BCUT2D eigenvalue weighted by Crippen LogP contribution is -2.30. The molecule has 0 heterocycles. The minimum atomic E-state index is -0.818. The fourth-order valence-corrected chi connectivity index (χ4v) is 8.94. The molecule has 0 aliphatic heterocycles. The summed E-state index contributed by atoms with van der Waals surface area (Å²) >= 11 is 0. The Bertz CT molecular complexity index is 1760. The van der Waals surface area contributed by atoms with E-state index in [-0.39, 0.29) is 37.5 Å². The number of ether oxygens (including phenoxy) is 3. The molecule has 0 rings (SSSR count). The van der Waals surface area contributed by atoms with Gasteiger partial charge in [0, 0.05) is 19.3 Å². The summed E-state index contributed by atoms with van der Waals surface area (Å²) in [6.07, 6.45) is 97.4. The molecule has 0 aromatic heterocycles. The molecule has 6 nitrogen and oxygen atoms in total. The summed E-state index contributed by atoms with van der Waals surface area (Å²) in [6, 6.07) is 0. The molecule has 0 radical (unpaired) electrons. The summed E-state index contributed by atoms with van der Waals surface area (Å²) < 4.78 is 16.8. The molecule has 0 aromatic rings. The SMILES string of the molecule is CC/C=C\C/C=C\C/C=C\C/C=C\C/C=C\C/C=C\C/C=C\C/C=C\CCCCCCCCC(=O)OCC(COC(=O)CC/C=C\C/C=C\C/C=C\C/C=C\CC)OC(=O)CCCCCCCCCCCCCCCCCCCCC. The Kier molecular flexibility index (Phi) is 63.9. The molecule has 0 fully saturated rings. The highest BCUT2D eigenvalue weighted by atomic mass is 16.6. The van der Waals surface area contributed by atoms with Gasteiger partial charge in [0.15, 0.2) is 6.10 Å². The summed E-state index contributed by atoms with van der Waals surface area (Å²) in [7, 11) is 0. The highest BCUT2D eigenvalue weighted by molar-refractivity contribution is 5.71. The Morgan fingerprint density at radius 1 is 0.259 bits per heavy atom. The number of esters is 3. The number of hydrogen-bond donors (Lipinski definition) is 0. The first-order valence-corrected chi connectivity index (χ1v) is 33.3. The van der Waals surface area contributed by atoms with E-state index in [1.54, 1.807) is 0 Å². The Hall–Kier alpha value is -4.71. The molecule has 458 valence electrons. The second-order valence-corrected chi connectivity index (χ2v) is 21.6. The van der Waals surface area contributed by atoms with Gasteiger partial charge in [-0.15, -0.1) is 0 Å². The first-order chi connectivity index (χ1) is 40.0. The highest BCUT2D eigenvalue weighted by Gasteiger charge is 2.19. The van der Waals surface area contributed by atoms with Crippen LogP contribution in [0.4, 0.5) is 0 Å². The highest BCUT2D eigenvalue weighted by Crippen LogP contribution is 2.16. The maximum absolute atomic E-state index is 12.9. The average molecular weight is 1120 g/mol. The van der Waals surface area contributed by atoms with Gasteiger partial charge in [-0.05, 0) is 109 Å². The molecular weight excluding hydrogens is 997 g/mol. The molecule has 6 heteroatoms. The van der Waals surface area contributed by atoms with Crippen molar-refractivity contribution in [3.8, 4) is 0 Å². The number of rotatable bonds is 59. The van der Waals surface area contributed by atoms with E-state index in [2.05, 4.69) is 161 Å². The number of unbranched alkanes of at least 4 members (excludes halogenated alkanes) is 24. The van der Waals surface area contributed by atoms with Crippen molar-refractivity contribution in [1.29, 1.82) is 0 Å². The Labute approximate surface area is 499 Å². The second kappa shape index (κ2) is 67.8. The van der Waals surface area contributed by atoms with Gasteiger partial charge >= 0.3 is 17.9 Å². The van der Waals surface area contributed by atoms with E-state index in [0.717, 1.165) is 128 Å². The molecule has 0 N–H and O–H groups in total. The van der Waals surface area contributed by atoms with Gasteiger partial charge in [-0.3, -0.25) is 14.4 Å². The molecular formula is C75H122O6. The van der Waals surface area contributed by atoms with Crippen molar-refractivity contribution in [2.24, 2.45) is 0 Å². The van der Waals surface area contributed by atoms with Crippen LogP contribution in [0, 0.1) is 0 Å². The summed E-state index contributed by atoms with van der Waals surface area (Å²) in [5.41, 5.74) is 0. The number of carbonyl (C=O) groups is 3. The predicted octanol–water partition coefficient (Wildman–Crippen LogP) is 23.1. The predicted molar refractivity (Wildman–Crippen MR) is 352 cm³/mol. The number of carbonyl (C=O) groups excluding carboxylic acids is 3. The molecule has 81 heavy (non-hydrogen) atoms. The second-order valence-electron chi connectivity index (χ2n) is 21.6. The Balaban J connectivity index is 4.37. The zero-order chi connectivity index (χ0) is 58.5. The average Bonchev–Trinajstić information content (AvgIpc) is 3.46. The zero-order valence-electron chi connectivity index (χ0n) is 52.5. The van der Waals surface area contributed by atoms with E-state index in [9.17, 15) is 14.4 Å². The van der Waals surface area contributed by atoms with Crippen LogP contribution in [0.2, 0.25) is 0 Å². The third-order valence-electron chi connectivity index (χ3n) is 13.9. The van der Waals surface area contributed by atoms with E-state index < -0.39 is 6.10 Å². The van der Waals surface area contributed by atoms with Gasteiger partial charge in [0.2, 0.25) is 0 Å². The van der Waals surface area contributed by atoms with E-state index in [4.69, 9.17) is 14.2 Å². The van der Waals surface area contributed by atoms with Crippen molar-refractivity contribution in [3.63, 3.8) is 0 Å². The first-order valence-electron chi connectivity index (χ1n) is 33.3. The quantitative estimate of drug-likeness (QED) is 0.0261. The minimum Gasteiger partial charge on any atom is -0.462 e. The van der Waals surface area contributed by atoms with Crippen LogP contribution in [-0.4, -0.2) is 37.2 Å². The summed E-state index contributed by atoms with van der Waals surface area (Å²) in [5.74, 6) is -1.00. The van der Waals surface area contributed by atoms with E-state index >= 15 is 0 Å². The van der Waals surface area contributed by atoms with Crippen molar-refractivity contribution in [2.45, 2.75) is 297 Å². The molecule has 0 bridgehead atoms. The van der Waals surface area contributed by atoms with Crippen LogP contribution in [-0.2, 0) is 28.6 Å². The first kappa shape index (κ1) is 76.3. The van der Waals surface area contributed by atoms with Crippen molar-refractivity contribution in [2.75, 3.05) is 13.2 Å². The normalized spacial score (nSPS) is 13.1. The van der Waals surface area contributed by atoms with Crippen molar-refractivity contribution in [1.82, 2.24) is 0 Å². The molecule has 0 aliphatic rings.